The number of nitrogens with two attached hydrogens (primary N) is 1. The number of rotatable bonds is 4. The minimum absolute atomic E-state index is 0.0847. The smallest absolute Gasteiger partial charge is 0.338 e. The van der Waals surface area contributed by atoms with Gasteiger partial charge >= 0.3 is 5.97 Å². The Balaban J connectivity index is 2.28. The van der Waals surface area contributed by atoms with Crippen molar-refractivity contribution in [2.75, 3.05) is 5.32 Å². The standard InChI is InChI=1S/C13H10F2N2O4/c14-8-4-9(15)10(3-7(8)13(19)20)17-12(18)11-2-1-6(5-16)21-11/h1-4H,5,16H2,(H,17,18)(H,19,20). The minimum atomic E-state index is -1.58. The molecule has 1 aromatic carbocycles. The Morgan fingerprint density at radius 1 is 1.24 bits per heavy atom. The third-order valence-electron chi connectivity index (χ3n) is 2.62. The van der Waals surface area contributed by atoms with E-state index in [2.05, 4.69) is 5.32 Å². The zero-order valence-corrected chi connectivity index (χ0v) is 10.5. The first kappa shape index (κ1) is 14.7. The van der Waals surface area contributed by atoms with Crippen molar-refractivity contribution in [1.29, 1.82) is 0 Å². The third kappa shape index (κ3) is 3.06. The molecular weight excluding hydrogens is 286 g/mol. The Kier molecular flexibility index (Phi) is 3.99. The molecule has 2 rings (SSSR count). The maximum Gasteiger partial charge on any atom is 0.338 e. The Labute approximate surface area is 117 Å². The van der Waals surface area contributed by atoms with Gasteiger partial charge in [-0.3, -0.25) is 4.79 Å². The molecule has 0 bridgehead atoms. The summed E-state index contributed by atoms with van der Waals surface area (Å²) < 4.78 is 31.8. The molecule has 1 aromatic heterocycles. The monoisotopic (exact) mass is 296 g/mol. The highest BCUT2D eigenvalue weighted by molar-refractivity contribution is 6.03. The predicted molar refractivity (Wildman–Crippen MR) is 67.9 cm³/mol. The number of halogens is 2. The Hall–Kier alpha value is -2.74. The molecule has 0 spiro atoms. The SMILES string of the molecule is NCc1ccc(C(=O)Nc2cc(C(=O)O)c(F)cc2F)o1. The van der Waals surface area contributed by atoms with Gasteiger partial charge in [-0.05, 0) is 18.2 Å². The summed E-state index contributed by atoms with van der Waals surface area (Å²) in [5, 5.41) is 10.9. The molecule has 21 heavy (non-hydrogen) atoms. The molecule has 0 aliphatic rings. The lowest BCUT2D eigenvalue weighted by Crippen LogP contribution is -2.14. The van der Waals surface area contributed by atoms with Gasteiger partial charge in [-0.2, -0.15) is 0 Å². The molecule has 0 aliphatic heterocycles. The lowest BCUT2D eigenvalue weighted by Gasteiger charge is -2.07. The van der Waals surface area contributed by atoms with Crippen LogP contribution in [0.5, 0.6) is 0 Å². The van der Waals surface area contributed by atoms with Crippen molar-refractivity contribution in [2.45, 2.75) is 6.54 Å². The van der Waals surface area contributed by atoms with Crippen LogP contribution in [0.2, 0.25) is 0 Å². The fraction of sp³-hybridized carbons (Fsp3) is 0.0769. The Morgan fingerprint density at radius 2 is 1.95 bits per heavy atom. The number of hydrogen-bond acceptors (Lipinski definition) is 4. The number of benzene rings is 1. The maximum atomic E-state index is 13.5. The summed E-state index contributed by atoms with van der Waals surface area (Å²) in [7, 11) is 0. The van der Waals surface area contributed by atoms with Gasteiger partial charge in [0.2, 0.25) is 0 Å². The predicted octanol–water partition coefficient (Wildman–Crippen LogP) is 1.97. The van der Waals surface area contributed by atoms with E-state index in [0.29, 0.717) is 17.9 Å². The van der Waals surface area contributed by atoms with Crippen LogP contribution in [-0.4, -0.2) is 17.0 Å². The molecule has 0 radical (unpaired) electrons. The van der Waals surface area contributed by atoms with E-state index in [1.807, 2.05) is 0 Å². The second-order valence-electron chi connectivity index (χ2n) is 4.04. The molecule has 0 aliphatic carbocycles. The van der Waals surface area contributed by atoms with Crippen molar-refractivity contribution >= 4 is 17.6 Å². The third-order valence-corrected chi connectivity index (χ3v) is 2.62. The van der Waals surface area contributed by atoms with Gasteiger partial charge in [0.1, 0.15) is 17.4 Å². The average molecular weight is 296 g/mol. The van der Waals surface area contributed by atoms with Crippen LogP contribution in [0.1, 0.15) is 26.7 Å². The molecular formula is C13H10F2N2O4. The lowest BCUT2D eigenvalue weighted by molar-refractivity contribution is 0.0691. The van der Waals surface area contributed by atoms with E-state index in [-0.39, 0.29) is 12.3 Å². The van der Waals surface area contributed by atoms with Gasteiger partial charge in [0, 0.05) is 6.07 Å². The Bertz CT molecular complexity index is 712. The van der Waals surface area contributed by atoms with Crippen molar-refractivity contribution in [3.8, 4) is 0 Å². The molecule has 1 amide bonds. The van der Waals surface area contributed by atoms with Crippen LogP contribution in [0.4, 0.5) is 14.5 Å². The maximum absolute atomic E-state index is 13.5. The van der Waals surface area contributed by atoms with Crippen LogP contribution in [-0.2, 0) is 6.54 Å². The Morgan fingerprint density at radius 3 is 2.52 bits per heavy atom. The minimum Gasteiger partial charge on any atom is -0.478 e. The van der Waals surface area contributed by atoms with Gasteiger partial charge in [-0.15, -0.1) is 0 Å². The summed E-state index contributed by atoms with van der Waals surface area (Å²) in [4.78, 5) is 22.6. The van der Waals surface area contributed by atoms with Crippen molar-refractivity contribution in [3.05, 3.63) is 53.0 Å². The summed E-state index contributed by atoms with van der Waals surface area (Å²) in [5.41, 5.74) is 4.09. The zero-order valence-electron chi connectivity index (χ0n) is 10.5. The summed E-state index contributed by atoms with van der Waals surface area (Å²) >= 11 is 0. The van der Waals surface area contributed by atoms with Crippen LogP contribution in [0, 0.1) is 11.6 Å². The van der Waals surface area contributed by atoms with E-state index < -0.39 is 34.8 Å². The van der Waals surface area contributed by atoms with Crippen molar-refractivity contribution in [1.82, 2.24) is 0 Å². The summed E-state index contributed by atoms with van der Waals surface area (Å²) in [6.45, 7) is 0.0847. The molecule has 0 unspecified atom stereocenters. The number of carboxylic acids is 1. The van der Waals surface area contributed by atoms with Gasteiger partial charge in [0.25, 0.3) is 5.91 Å². The molecule has 1 heterocycles. The summed E-state index contributed by atoms with van der Waals surface area (Å²) in [5.74, 6) is -4.50. The molecule has 0 saturated carbocycles. The molecule has 2 aromatic rings. The quantitative estimate of drug-likeness (QED) is 0.799. The summed E-state index contributed by atoms with van der Waals surface area (Å²) in [6, 6.07) is 3.87. The first-order valence-electron chi connectivity index (χ1n) is 5.75. The highest BCUT2D eigenvalue weighted by Gasteiger charge is 2.18. The van der Waals surface area contributed by atoms with E-state index in [9.17, 15) is 18.4 Å². The normalized spacial score (nSPS) is 10.4. The summed E-state index contributed by atoms with van der Waals surface area (Å²) in [6.07, 6.45) is 0. The number of amides is 1. The first-order valence-corrected chi connectivity index (χ1v) is 5.75. The van der Waals surface area contributed by atoms with Crippen LogP contribution in [0.25, 0.3) is 0 Å². The largest absolute Gasteiger partial charge is 0.478 e. The van der Waals surface area contributed by atoms with Gasteiger partial charge in [-0.1, -0.05) is 0 Å². The van der Waals surface area contributed by atoms with Gasteiger partial charge < -0.3 is 20.6 Å². The number of carboxylic acid groups (broad SMARTS) is 1. The molecule has 0 fully saturated rings. The zero-order chi connectivity index (χ0) is 15.6. The number of anilines is 1. The molecule has 6 nitrogen and oxygen atoms in total. The van der Waals surface area contributed by atoms with E-state index in [4.69, 9.17) is 15.3 Å². The van der Waals surface area contributed by atoms with Crippen molar-refractivity contribution in [2.24, 2.45) is 5.73 Å². The number of carbonyl (C=O) groups excluding carboxylic acids is 1. The van der Waals surface area contributed by atoms with Crippen molar-refractivity contribution < 1.29 is 27.9 Å². The number of furan rings is 1. The average Bonchev–Trinajstić information content (AvgIpc) is 2.90. The van der Waals surface area contributed by atoms with Gasteiger partial charge in [0.05, 0.1) is 17.8 Å². The van der Waals surface area contributed by atoms with Crippen LogP contribution in [0.15, 0.2) is 28.7 Å². The van der Waals surface area contributed by atoms with E-state index in [0.717, 1.165) is 0 Å². The van der Waals surface area contributed by atoms with E-state index in [1.165, 1.54) is 12.1 Å². The molecule has 8 heteroatoms. The highest BCUT2D eigenvalue weighted by atomic mass is 19.1. The topological polar surface area (TPSA) is 106 Å². The number of hydrogen-bond donors (Lipinski definition) is 3. The highest BCUT2D eigenvalue weighted by Crippen LogP contribution is 2.21. The first-order chi connectivity index (χ1) is 9.92. The second-order valence-corrected chi connectivity index (χ2v) is 4.04. The molecule has 0 saturated heterocycles. The second kappa shape index (κ2) is 5.71. The van der Waals surface area contributed by atoms with E-state index >= 15 is 0 Å². The number of carbonyl (C=O) groups is 2. The van der Waals surface area contributed by atoms with Crippen LogP contribution >= 0.6 is 0 Å². The van der Waals surface area contributed by atoms with Gasteiger partial charge in [0.15, 0.2) is 5.76 Å². The molecule has 0 atom stereocenters. The van der Waals surface area contributed by atoms with Crippen molar-refractivity contribution in [3.63, 3.8) is 0 Å². The van der Waals surface area contributed by atoms with Crippen LogP contribution < -0.4 is 11.1 Å². The van der Waals surface area contributed by atoms with Gasteiger partial charge in [-0.25, -0.2) is 13.6 Å². The lowest BCUT2D eigenvalue weighted by atomic mass is 10.1. The fourth-order valence-corrected chi connectivity index (χ4v) is 1.60. The molecule has 4 N–H and O–H groups in total. The molecule has 110 valence electrons. The van der Waals surface area contributed by atoms with E-state index in [1.54, 1.807) is 0 Å². The van der Waals surface area contributed by atoms with Crippen LogP contribution in [0.3, 0.4) is 0 Å². The number of aromatic carboxylic acids is 1. The fourth-order valence-electron chi connectivity index (χ4n) is 1.60. The number of nitrogens with one attached hydrogen (secondary N) is 1.